The van der Waals surface area contributed by atoms with E-state index in [9.17, 15) is 4.79 Å². The fourth-order valence-corrected chi connectivity index (χ4v) is 3.31. The van der Waals surface area contributed by atoms with Gasteiger partial charge in [0.15, 0.2) is 0 Å². The van der Waals surface area contributed by atoms with E-state index in [2.05, 4.69) is 51.6 Å². The average molecular weight is 428 g/mol. The van der Waals surface area contributed by atoms with Crippen molar-refractivity contribution in [2.45, 2.75) is 40.5 Å². The molecule has 0 radical (unpaired) electrons. The van der Waals surface area contributed by atoms with E-state index in [1.54, 1.807) is 19.2 Å². The molecule has 1 aromatic carbocycles. The van der Waals surface area contributed by atoms with Gasteiger partial charge in [-0.2, -0.15) is 9.97 Å². The molecule has 1 aliphatic rings. The van der Waals surface area contributed by atoms with E-state index in [1.165, 1.54) is 25.9 Å². The Bertz CT molecular complexity index is 865. The molecule has 0 atom stereocenters. The van der Waals surface area contributed by atoms with Gasteiger partial charge in [-0.15, -0.1) is 0 Å². The number of nitrogens with two attached hydrogens (primary N) is 1. The van der Waals surface area contributed by atoms with Crippen LogP contribution >= 0.6 is 0 Å². The van der Waals surface area contributed by atoms with E-state index in [-0.39, 0.29) is 17.3 Å². The Labute approximate surface area is 186 Å². The van der Waals surface area contributed by atoms with Crippen LogP contribution in [0.3, 0.4) is 0 Å². The minimum atomic E-state index is -0.138. The minimum absolute atomic E-state index is 0.125. The molecule has 0 unspecified atom stereocenters. The third-order valence-electron chi connectivity index (χ3n) is 4.78. The first-order valence-electron chi connectivity index (χ1n) is 10.8. The highest BCUT2D eigenvalue weighted by Crippen LogP contribution is 2.25. The molecule has 8 heteroatoms. The maximum Gasteiger partial charge on any atom is 0.251 e. The molecule has 31 heavy (non-hydrogen) atoms. The number of amides is 1. The molecular formula is C23H37N7O. The Hall–Kier alpha value is -2.87. The summed E-state index contributed by atoms with van der Waals surface area (Å²) in [5.74, 6) is 1.40. The number of hydrogen-bond acceptors (Lipinski definition) is 7. The molecule has 5 N–H and O–H groups in total. The van der Waals surface area contributed by atoms with Gasteiger partial charge >= 0.3 is 0 Å². The Kier molecular flexibility index (Phi) is 8.62. The highest BCUT2D eigenvalue weighted by atomic mass is 16.1. The molecular weight excluding hydrogens is 390 g/mol. The van der Waals surface area contributed by atoms with Crippen molar-refractivity contribution in [1.82, 2.24) is 20.6 Å². The molecule has 0 saturated carbocycles. The first-order valence-corrected chi connectivity index (χ1v) is 10.8. The lowest BCUT2D eigenvalue weighted by atomic mass is 9.96. The number of nitrogens with one attached hydrogen (secondary N) is 3. The van der Waals surface area contributed by atoms with E-state index in [4.69, 9.17) is 5.73 Å². The van der Waals surface area contributed by atoms with Crippen molar-refractivity contribution in [3.63, 3.8) is 0 Å². The SMILES string of the molecule is C1CCNC1.CNC(=O)c1ccc(C)c(Nc2cc(N(C)CC(C)(C)C)nc(N)n2)c1. The van der Waals surface area contributed by atoms with Crippen molar-refractivity contribution in [2.75, 3.05) is 49.7 Å². The second-order valence-electron chi connectivity index (χ2n) is 9.08. The second-order valence-corrected chi connectivity index (χ2v) is 9.08. The number of rotatable bonds is 5. The first-order chi connectivity index (χ1) is 14.6. The summed E-state index contributed by atoms with van der Waals surface area (Å²) in [4.78, 5) is 22.5. The van der Waals surface area contributed by atoms with Gasteiger partial charge in [0.1, 0.15) is 11.6 Å². The van der Waals surface area contributed by atoms with Crippen LogP contribution in [0.1, 0.15) is 49.5 Å². The van der Waals surface area contributed by atoms with Gasteiger partial charge in [0, 0.05) is 38.0 Å². The van der Waals surface area contributed by atoms with Crippen molar-refractivity contribution >= 4 is 29.2 Å². The summed E-state index contributed by atoms with van der Waals surface area (Å²) in [6.45, 7) is 11.8. The monoisotopic (exact) mass is 427 g/mol. The molecule has 1 saturated heterocycles. The zero-order valence-electron chi connectivity index (χ0n) is 19.7. The molecule has 0 bridgehead atoms. The number of anilines is 4. The maximum absolute atomic E-state index is 11.9. The largest absolute Gasteiger partial charge is 0.368 e. The van der Waals surface area contributed by atoms with Crippen LogP contribution in [0.15, 0.2) is 24.3 Å². The van der Waals surface area contributed by atoms with Gasteiger partial charge in [0.2, 0.25) is 5.95 Å². The van der Waals surface area contributed by atoms with Crippen molar-refractivity contribution in [3.8, 4) is 0 Å². The van der Waals surface area contributed by atoms with Crippen molar-refractivity contribution < 1.29 is 4.79 Å². The predicted octanol–water partition coefficient (Wildman–Crippen LogP) is 3.32. The van der Waals surface area contributed by atoms with Crippen molar-refractivity contribution in [2.24, 2.45) is 5.41 Å². The zero-order valence-corrected chi connectivity index (χ0v) is 19.7. The fourth-order valence-electron chi connectivity index (χ4n) is 3.31. The summed E-state index contributed by atoms with van der Waals surface area (Å²) >= 11 is 0. The summed E-state index contributed by atoms with van der Waals surface area (Å²) in [6.07, 6.45) is 2.78. The van der Waals surface area contributed by atoms with Gasteiger partial charge in [0.25, 0.3) is 5.91 Å². The van der Waals surface area contributed by atoms with Crippen LogP contribution in [-0.2, 0) is 0 Å². The van der Waals surface area contributed by atoms with Crippen LogP contribution in [-0.4, -0.2) is 49.6 Å². The van der Waals surface area contributed by atoms with E-state index < -0.39 is 0 Å². The van der Waals surface area contributed by atoms with Crippen LogP contribution in [0.4, 0.5) is 23.3 Å². The lowest BCUT2D eigenvalue weighted by Gasteiger charge is -2.27. The molecule has 0 aliphatic carbocycles. The number of nitrogen functional groups attached to an aromatic ring is 1. The molecule has 8 nitrogen and oxygen atoms in total. The lowest BCUT2D eigenvalue weighted by Crippen LogP contribution is -2.30. The molecule has 2 heterocycles. The second kappa shape index (κ2) is 10.9. The summed E-state index contributed by atoms with van der Waals surface area (Å²) < 4.78 is 0. The first kappa shape index (κ1) is 24.4. The third-order valence-corrected chi connectivity index (χ3v) is 4.78. The van der Waals surface area contributed by atoms with Crippen LogP contribution < -0.4 is 26.6 Å². The van der Waals surface area contributed by atoms with Crippen LogP contribution in [0, 0.1) is 12.3 Å². The summed E-state index contributed by atoms with van der Waals surface area (Å²) in [5, 5.41) is 9.10. The average Bonchev–Trinajstić information content (AvgIpc) is 3.27. The highest BCUT2D eigenvalue weighted by molar-refractivity contribution is 5.95. The molecule has 1 aliphatic heterocycles. The Morgan fingerprint density at radius 3 is 2.42 bits per heavy atom. The van der Waals surface area contributed by atoms with Crippen molar-refractivity contribution in [1.29, 1.82) is 0 Å². The summed E-state index contributed by atoms with van der Waals surface area (Å²) in [6, 6.07) is 7.33. The van der Waals surface area contributed by atoms with Gasteiger partial charge in [-0.1, -0.05) is 26.8 Å². The number of carbonyl (C=O) groups is 1. The zero-order chi connectivity index (χ0) is 23.0. The fraction of sp³-hybridized carbons (Fsp3) is 0.522. The third kappa shape index (κ3) is 8.05. The topological polar surface area (TPSA) is 108 Å². The lowest BCUT2D eigenvalue weighted by molar-refractivity contribution is 0.0963. The smallest absolute Gasteiger partial charge is 0.251 e. The number of aromatic nitrogens is 2. The minimum Gasteiger partial charge on any atom is -0.368 e. The molecule has 2 aromatic rings. The Balaban J connectivity index is 0.000000597. The van der Waals surface area contributed by atoms with Crippen LogP contribution in [0.2, 0.25) is 0 Å². The standard InChI is InChI=1S/C19H28N6O.C4H9N/c1-12-7-8-13(17(26)21-5)9-14(12)22-15-10-16(24-18(20)23-15)25(6)11-19(2,3)4;1-2-4-5-3-1/h7-10H,11H2,1-6H3,(H,21,26)(H3,20,22,23,24);5H,1-4H2. The predicted molar refractivity (Wildman–Crippen MR) is 129 cm³/mol. The molecule has 0 spiro atoms. The van der Waals surface area contributed by atoms with Crippen LogP contribution in [0.25, 0.3) is 0 Å². The van der Waals surface area contributed by atoms with Crippen LogP contribution in [0.5, 0.6) is 0 Å². The van der Waals surface area contributed by atoms with Gasteiger partial charge in [-0.05, 0) is 56.0 Å². The normalized spacial score (nSPS) is 13.2. The van der Waals surface area contributed by atoms with E-state index >= 15 is 0 Å². The van der Waals surface area contributed by atoms with Gasteiger partial charge < -0.3 is 26.6 Å². The van der Waals surface area contributed by atoms with E-state index in [1.807, 2.05) is 26.1 Å². The molecule has 1 aromatic heterocycles. The van der Waals surface area contributed by atoms with Gasteiger partial charge in [-0.25, -0.2) is 0 Å². The Morgan fingerprint density at radius 1 is 1.19 bits per heavy atom. The summed E-state index contributed by atoms with van der Waals surface area (Å²) in [5.41, 5.74) is 8.40. The molecule has 1 amide bonds. The number of hydrogen-bond donors (Lipinski definition) is 4. The van der Waals surface area contributed by atoms with E-state index in [0.717, 1.165) is 23.6 Å². The number of benzene rings is 1. The van der Waals surface area contributed by atoms with Crippen molar-refractivity contribution in [3.05, 3.63) is 35.4 Å². The Morgan fingerprint density at radius 2 is 1.87 bits per heavy atom. The number of carbonyl (C=O) groups excluding carboxylic acids is 1. The highest BCUT2D eigenvalue weighted by Gasteiger charge is 2.16. The van der Waals surface area contributed by atoms with Gasteiger partial charge in [0.05, 0.1) is 0 Å². The summed E-state index contributed by atoms with van der Waals surface area (Å²) in [7, 11) is 3.59. The number of nitrogens with zero attached hydrogens (tertiary/aromatic N) is 3. The maximum atomic E-state index is 11.9. The number of aryl methyl sites for hydroxylation is 1. The van der Waals surface area contributed by atoms with Gasteiger partial charge in [-0.3, -0.25) is 4.79 Å². The molecule has 170 valence electrons. The van der Waals surface area contributed by atoms with E-state index in [0.29, 0.717) is 11.4 Å². The molecule has 3 rings (SSSR count). The molecule has 1 fully saturated rings. The quantitative estimate of drug-likeness (QED) is 0.580.